The molecule has 4 atom stereocenters. The summed E-state index contributed by atoms with van der Waals surface area (Å²) in [6.07, 6.45) is 0. The summed E-state index contributed by atoms with van der Waals surface area (Å²) in [5.74, 6) is -1.22. The zero-order valence-electron chi connectivity index (χ0n) is 17.1. The molecule has 30 heavy (non-hydrogen) atoms. The van der Waals surface area contributed by atoms with Crippen molar-refractivity contribution in [2.45, 2.75) is 24.4 Å². The lowest BCUT2D eigenvalue weighted by molar-refractivity contribution is -0.148. The van der Waals surface area contributed by atoms with Crippen molar-refractivity contribution in [2.24, 2.45) is 5.92 Å². The number of nitrogens with one attached hydrogen (secondary N) is 1. The van der Waals surface area contributed by atoms with E-state index in [4.69, 9.17) is 4.74 Å². The molecule has 1 heterocycles. The molecule has 1 aliphatic rings. The standard InChI is InChI=1S/C26H25NO3/c1-26(25(29)30-2)22(18-12-6-3-7-13-18)21(24(28)20-16-10-5-11-17-20)23(27-26)19-14-8-4-9-15-19/h3-17,21-23,27H,1-2H3/t21-,22-,23-,26-/m0/s1. The Morgan fingerprint density at radius 3 is 1.83 bits per heavy atom. The highest BCUT2D eigenvalue weighted by Crippen LogP contribution is 2.50. The molecular formula is C26H25NO3. The summed E-state index contributed by atoms with van der Waals surface area (Å²) in [6, 6.07) is 28.6. The van der Waals surface area contributed by atoms with Crippen LogP contribution in [-0.4, -0.2) is 24.4 Å². The first-order valence-corrected chi connectivity index (χ1v) is 10.1. The molecule has 1 N–H and O–H groups in total. The topological polar surface area (TPSA) is 55.4 Å². The van der Waals surface area contributed by atoms with E-state index in [1.165, 1.54) is 7.11 Å². The average molecular weight is 399 g/mol. The van der Waals surface area contributed by atoms with Gasteiger partial charge in [0.25, 0.3) is 0 Å². The number of rotatable bonds is 5. The van der Waals surface area contributed by atoms with Crippen molar-refractivity contribution in [3.05, 3.63) is 108 Å². The van der Waals surface area contributed by atoms with E-state index in [-0.39, 0.29) is 23.7 Å². The predicted molar refractivity (Wildman–Crippen MR) is 116 cm³/mol. The number of methoxy groups -OCH3 is 1. The van der Waals surface area contributed by atoms with Gasteiger partial charge in [-0.1, -0.05) is 91.0 Å². The number of benzene rings is 3. The Bertz CT molecular complexity index is 1020. The Labute approximate surface area is 176 Å². The number of ether oxygens (including phenoxy) is 1. The number of carbonyl (C=O) groups excluding carboxylic acids is 2. The maximum Gasteiger partial charge on any atom is 0.326 e. The average Bonchev–Trinajstić information content (AvgIpc) is 3.14. The minimum Gasteiger partial charge on any atom is -0.468 e. The zero-order chi connectivity index (χ0) is 21.1. The van der Waals surface area contributed by atoms with Crippen molar-refractivity contribution in [2.75, 3.05) is 7.11 Å². The van der Waals surface area contributed by atoms with Gasteiger partial charge in [0.15, 0.2) is 5.78 Å². The SMILES string of the molecule is COC(=O)[C@@]1(C)N[C@@H](c2ccccc2)[C@@H](C(=O)c2ccccc2)[C@@H]1c1ccccc1. The maximum absolute atomic E-state index is 13.8. The summed E-state index contributed by atoms with van der Waals surface area (Å²) in [6.45, 7) is 1.84. The quantitative estimate of drug-likeness (QED) is 0.505. The number of hydrogen-bond donors (Lipinski definition) is 1. The molecule has 1 fully saturated rings. The van der Waals surface area contributed by atoms with Crippen LogP contribution >= 0.6 is 0 Å². The van der Waals surface area contributed by atoms with Gasteiger partial charge >= 0.3 is 5.97 Å². The third-order valence-corrected chi connectivity index (χ3v) is 6.08. The highest BCUT2D eigenvalue weighted by Gasteiger charge is 2.58. The van der Waals surface area contributed by atoms with Crippen molar-refractivity contribution >= 4 is 11.8 Å². The van der Waals surface area contributed by atoms with Gasteiger partial charge in [0.05, 0.1) is 13.0 Å². The number of esters is 1. The fourth-order valence-corrected chi connectivity index (χ4v) is 4.70. The molecular weight excluding hydrogens is 374 g/mol. The van der Waals surface area contributed by atoms with E-state index in [1.807, 2.05) is 97.9 Å². The van der Waals surface area contributed by atoms with Crippen LogP contribution in [0.5, 0.6) is 0 Å². The van der Waals surface area contributed by atoms with E-state index >= 15 is 0 Å². The van der Waals surface area contributed by atoms with Crippen LogP contribution in [0.15, 0.2) is 91.0 Å². The highest BCUT2D eigenvalue weighted by atomic mass is 16.5. The smallest absolute Gasteiger partial charge is 0.326 e. The van der Waals surface area contributed by atoms with Crippen LogP contribution in [0, 0.1) is 5.92 Å². The van der Waals surface area contributed by atoms with Crippen molar-refractivity contribution in [1.29, 1.82) is 0 Å². The minimum absolute atomic E-state index is 0.0124. The minimum atomic E-state index is -1.05. The molecule has 0 unspecified atom stereocenters. The molecule has 0 radical (unpaired) electrons. The van der Waals surface area contributed by atoms with Crippen LogP contribution in [0.25, 0.3) is 0 Å². The molecule has 0 spiro atoms. The summed E-state index contributed by atoms with van der Waals surface area (Å²) in [4.78, 5) is 26.8. The Morgan fingerprint density at radius 1 is 0.800 bits per heavy atom. The van der Waals surface area contributed by atoms with Gasteiger partial charge in [0.2, 0.25) is 0 Å². The zero-order valence-corrected chi connectivity index (χ0v) is 17.1. The Balaban J connectivity index is 1.91. The molecule has 3 aromatic carbocycles. The number of ketones is 1. The summed E-state index contributed by atoms with van der Waals surface area (Å²) >= 11 is 0. The van der Waals surface area contributed by atoms with Crippen LogP contribution < -0.4 is 5.32 Å². The van der Waals surface area contributed by atoms with E-state index < -0.39 is 11.5 Å². The number of hydrogen-bond acceptors (Lipinski definition) is 4. The number of Topliss-reactive ketones (excluding diaryl/α,β-unsaturated/α-hetero) is 1. The fraction of sp³-hybridized carbons (Fsp3) is 0.231. The van der Waals surface area contributed by atoms with Gasteiger partial charge in [0, 0.05) is 17.5 Å². The molecule has 0 bridgehead atoms. The second-order valence-electron chi connectivity index (χ2n) is 7.87. The van der Waals surface area contributed by atoms with Crippen LogP contribution in [0.4, 0.5) is 0 Å². The van der Waals surface area contributed by atoms with E-state index in [9.17, 15) is 9.59 Å². The van der Waals surface area contributed by atoms with Gasteiger partial charge < -0.3 is 4.74 Å². The molecule has 152 valence electrons. The van der Waals surface area contributed by atoms with Crippen LogP contribution in [-0.2, 0) is 9.53 Å². The second-order valence-corrected chi connectivity index (χ2v) is 7.87. The Hall–Kier alpha value is -3.24. The van der Waals surface area contributed by atoms with E-state index in [0.29, 0.717) is 5.56 Å². The fourth-order valence-electron chi connectivity index (χ4n) is 4.70. The first kappa shape index (κ1) is 20.0. The molecule has 3 aromatic rings. The lowest BCUT2D eigenvalue weighted by Crippen LogP contribution is -2.49. The molecule has 0 saturated carbocycles. The van der Waals surface area contributed by atoms with Gasteiger partial charge in [-0.05, 0) is 18.1 Å². The predicted octanol–water partition coefficient (Wildman–Crippen LogP) is 4.55. The first-order chi connectivity index (χ1) is 14.6. The Morgan fingerprint density at radius 2 is 1.30 bits per heavy atom. The molecule has 1 saturated heterocycles. The third kappa shape index (κ3) is 3.44. The van der Waals surface area contributed by atoms with Gasteiger partial charge in [-0.25, -0.2) is 0 Å². The van der Waals surface area contributed by atoms with Gasteiger partial charge in [-0.2, -0.15) is 0 Å². The lowest BCUT2D eigenvalue weighted by atomic mass is 9.71. The molecule has 0 amide bonds. The summed E-state index contributed by atoms with van der Waals surface area (Å²) in [7, 11) is 1.39. The maximum atomic E-state index is 13.8. The monoisotopic (exact) mass is 399 g/mol. The lowest BCUT2D eigenvalue weighted by Gasteiger charge is -2.31. The highest BCUT2D eigenvalue weighted by molar-refractivity contribution is 6.00. The molecule has 4 rings (SSSR count). The third-order valence-electron chi connectivity index (χ3n) is 6.08. The molecule has 1 aliphatic heterocycles. The van der Waals surface area contributed by atoms with Crippen LogP contribution in [0.1, 0.15) is 40.4 Å². The van der Waals surface area contributed by atoms with Crippen LogP contribution in [0.2, 0.25) is 0 Å². The van der Waals surface area contributed by atoms with E-state index in [2.05, 4.69) is 5.32 Å². The van der Waals surface area contributed by atoms with Crippen molar-refractivity contribution in [1.82, 2.24) is 5.32 Å². The van der Waals surface area contributed by atoms with E-state index in [1.54, 1.807) is 0 Å². The normalized spacial score (nSPS) is 25.6. The summed E-state index contributed by atoms with van der Waals surface area (Å²) in [5, 5.41) is 3.49. The van der Waals surface area contributed by atoms with Crippen molar-refractivity contribution in [3.63, 3.8) is 0 Å². The molecule has 0 aromatic heterocycles. The number of carbonyl (C=O) groups is 2. The summed E-state index contributed by atoms with van der Waals surface area (Å²) < 4.78 is 5.19. The van der Waals surface area contributed by atoms with Crippen molar-refractivity contribution < 1.29 is 14.3 Å². The van der Waals surface area contributed by atoms with Gasteiger partial charge in [0.1, 0.15) is 5.54 Å². The first-order valence-electron chi connectivity index (χ1n) is 10.1. The van der Waals surface area contributed by atoms with Crippen molar-refractivity contribution in [3.8, 4) is 0 Å². The molecule has 4 nitrogen and oxygen atoms in total. The van der Waals surface area contributed by atoms with E-state index in [0.717, 1.165) is 11.1 Å². The largest absolute Gasteiger partial charge is 0.468 e. The van der Waals surface area contributed by atoms with Crippen LogP contribution in [0.3, 0.4) is 0 Å². The Kier molecular flexibility index (Phi) is 5.51. The molecule has 0 aliphatic carbocycles. The molecule has 4 heteroatoms. The summed E-state index contributed by atoms with van der Waals surface area (Å²) in [5.41, 5.74) is 1.50. The van der Waals surface area contributed by atoms with Gasteiger partial charge in [-0.3, -0.25) is 14.9 Å². The van der Waals surface area contributed by atoms with Gasteiger partial charge in [-0.15, -0.1) is 0 Å². The second kappa shape index (κ2) is 8.25.